The molecule has 0 saturated heterocycles. The molecule has 0 spiro atoms. The number of amides is 1. The molecule has 1 rings (SSSR count). The number of carbonyl (C=O) groups is 1. The van der Waals surface area contributed by atoms with E-state index < -0.39 is 12.2 Å². The third-order valence-electron chi connectivity index (χ3n) is 2.38. The zero-order valence-corrected chi connectivity index (χ0v) is 9.98. The lowest BCUT2D eigenvalue weighted by molar-refractivity contribution is 0.122. The molecule has 3 heteroatoms. The predicted molar refractivity (Wildman–Crippen MR) is 68.8 cm³/mol. The van der Waals surface area contributed by atoms with E-state index in [1.165, 1.54) is 7.05 Å². The minimum atomic E-state index is -0.469. The maximum Gasteiger partial charge on any atom is 0.407 e. The Bertz CT molecular complexity index is 412. The van der Waals surface area contributed by atoms with E-state index in [-0.39, 0.29) is 0 Å². The van der Waals surface area contributed by atoms with Gasteiger partial charge in [-0.2, -0.15) is 0 Å². The molecule has 0 heterocycles. The van der Waals surface area contributed by atoms with Crippen LogP contribution in [-0.2, 0) is 11.2 Å². The monoisotopic (exact) mass is 231 g/mol. The van der Waals surface area contributed by atoms with Crippen LogP contribution in [0.25, 0.3) is 0 Å². The summed E-state index contributed by atoms with van der Waals surface area (Å²) in [5.74, 6) is 0. The van der Waals surface area contributed by atoms with Crippen molar-refractivity contribution in [2.45, 2.75) is 12.5 Å². The van der Waals surface area contributed by atoms with Crippen LogP contribution in [0.4, 0.5) is 4.79 Å². The van der Waals surface area contributed by atoms with Gasteiger partial charge in [-0.25, -0.2) is 4.79 Å². The van der Waals surface area contributed by atoms with Gasteiger partial charge in [-0.15, -0.1) is 6.58 Å². The van der Waals surface area contributed by atoms with E-state index in [1.807, 2.05) is 30.3 Å². The lowest BCUT2D eigenvalue weighted by atomic mass is 10.00. The Kier molecular flexibility index (Phi) is 5.01. The van der Waals surface area contributed by atoms with Crippen molar-refractivity contribution in [3.05, 3.63) is 60.7 Å². The first-order chi connectivity index (χ1) is 8.22. The summed E-state index contributed by atoms with van der Waals surface area (Å²) in [7, 11) is 1.53. The molecule has 0 saturated carbocycles. The molecule has 0 aromatic heterocycles. The highest BCUT2D eigenvalue weighted by atomic mass is 16.6. The molecular weight excluding hydrogens is 214 g/mol. The molecule has 0 aliphatic heterocycles. The third-order valence-corrected chi connectivity index (χ3v) is 2.38. The molecule has 0 radical (unpaired) electrons. The average Bonchev–Trinajstić information content (AvgIpc) is 2.37. The smallest absolute Gasteiger partial charge is 0.407 e. The second-order valence-corrected chi connectivity index (χ2v) is 3.50. The standard InChI is InChI=1S/C14H17NO2/c1-4-8-11-9-6-7-10-12(11)13(5-2)17-14(16)15-3/h4-7,9-10,13H,1-2,8H2,3H3,(H,15,16). The van der Waals surface area contributed by atoms with Gasteiger partial charge < -0.3 is 10.1 Å². The fourth-order valence-electron chi connectivity index (χ4n) is 1.57. The number of hydrogen-bond donors (Lipinski definition) is 1. The molecule has 1 N–H and O–H groups in total. The lowest BCUT2D eigenvalue weighted by Crippen LogP contribution is -2.21. The second-order valence-electron chi connectivity index (χ2n) is 3.50. The van der Waals surface area contributed by atoms with Gasteiger partial charge in [0.2, 0.25) is 0 Å². The Morgan fingerprint density at radius 3 is 2.76 bits per heavy atom. The quantitative estimate of drug-likeness (QED) is 0.791. The van der Waals surface area contributed by atoms with Gasteiger partial charge in [0.1, 0.15) is 6.10 Å². The van der Waals surface area contributed by atoms with Crippen molar-refractivity contribution in [2.75, 3.05) is 7.05 Å². The normalized spacial score (nSPS) is 11.4. The van der Waals surface area contributed by atoms with Crippen LogP contribution in [0.1, 0.15) is 17.2 Å². The van der Waals surface area contributed by atoms with E-state index in [0.29, 0.717) is 0 Å². The van der Waals surface area contributed by atoms with Gasteiger partial charge in [-0.1, -0.05) is 36.9 Å². The summed E-state index contributed by atoms with van der Waals surface area (Å²) in [6.07, 6.45) is 3.25. The summed E-state index contributed by atoms with van der Waals surface area (Å²) < 4.78 is 5.22. The van der Waals surface area contributed by atoms with Gasteiger partial charge in [0.25, 0.3) is 0 Å². The van der Waals surface area contributed by atoms with Crippen LogP contribution in [0.5, 0.6) is 0 Å². The second kappa shape index (κ2) is 6.53. The van der Waals surface area contributed by atoms with E-state index in [0.717, 1.165) is 17.5 Å². The van der Waals surface area contributed by atoms with Crippen LogP contribution < -0.4 is 5.32 Å². The van der Waals surface area contributed by atoms with Crippen LogP contribution in [0.3, 0.4) is 0 Å². The highest BCUT2D eigenvalue weighted by molar-refractivity contribution is 5.67. The number of nitrogens with one attached hydrogen (secondary N) is 1. The number of ether oxygens (including phenoxy) is 1. The number of rotatable bonds is 5. The lowest BCUT2D eigenvalue weighted by Gasteiger charge is -2.17. The molecule has 17 heavy (non-hydrogen) atoms. The minimum absolute atomic E-state index is 0.439. The first kappa shape index (κ1) is 13.0. The highest BCUT2D eigenvalue weighted by Gasteiger charge is 2.14. The number of allylic oxidation sites excluding steroid dienone is 1. The van der Waals surface area contributed by atoms with Gasteiger partial charge in [-0.3, -0.25) is 0 Å². The van der Waals surface area contributed by atoms with Crippen LogP contribution in [0, 0.1) is 0 Å². The first-order valence-corrected chi connectivity index (χ1v) is 5.42. The van der Waals surface area contributed by atoms with Gasteiger partial charge in [0, 0.05) is 7.05 Å². The molecule has 0 bridgehead atoms. The van der Waals surface area contributed by atoms with Gasteiger partial charge in [0.15, 0.2) is 0 Å². The molecule has 0 fully saturated rings. The first-order valence-electron chi connectivity index (χ1n) is 5.42. The molecule has 1 aromatic rings. The van der Waals surface area contributed by atoms with Crippen molar-refractivity contribution in [3.8, 4) is 0 Å². The molecule has 1 aromatic carbocycles. The van der Waals surface area contributed by atoms with Crippen LogP contribution >= 0.6 is 0 Å². The molecule has 1 unspecified atom stereocenters. The van der Waals surface area contributed by atoms with Crippen LogP contribution in [0.15, 0.2) is 49.6 Å². The Hall–Kier alpha value is -2.03. The number of alkyl carbamates (subject to hydrolysis) is 1. The molecular formula is C14H17NO2. The SMILES string of the molecule is C=CCc1ccccc1C(C=C)OC(=O)NC. The maximum atomic E-state index is 11.2. The summed E-state index contributed by atoms with van der Waals surface area (Å²) in [4.78, 5) is 11.2. The molecule has 0 aliphatic rings. The zero-order valence-electron chi connectivity index (χ0n) is 9.98. The van der Waals surface area contributed by atoms with E-state index >= 15 is 0 Å². The number of hydrogen-bond acceptors (Lipinski definition) is 2. The predicted octanol–water partition coefficient (Wildman–Crippen LogP) is 3.00. The largest absolute Gasteiger partial charge is 0.437 e. The average molecular weight is 231 g/mol. The van der Waals surface area contributed by atoms with Gasteiger partial charge in [-0.05, 0) is 23.6 Å². The molecule has 0 aliphatic carbocycles. The molecule has 90 valence electrons. The summed E-state index contributed by atoms with van der Waals surface area (Å²) in [6.45, 7) is 7.41. The van der Waals surface area contributed by atoms with Crippen molar-refractivity contribution in [1.29, 1.82) is 0 Å². The Morgan fingerprint density at radius 1 is 1.47 bits per heavy atom. The summed E-state index contributed by atoms with van der Waals surface area (Å²) in [5, 5.41) is 2.42. The Morgan fingerprint density at radius 2 is 2.18 bits per heavy atom. The molecule has 3 nitrogen and oxygen atoms in total. The number of carbonyl (C=O) groups excluding carboxylic acids is 1. The van der Waals surface area contributed by atoms with Crippen molar-refractivity contribution in [1.82, 2.24) is 5.32 Å². The topological polar surface area (TPSA) is 38.3 Å². The summed E-state index contributed by atoms with van der Waals surface area (Å²) in [6, 6.07) is 7.77. The summed E-state index contributed by atoms with van der Waals surface area (Å²) >= 11 is 0. The third kappa shape index (κ3) is 3.48. The van der Waals surface area contributed by atoms with E-state index in [1.54, 1.807) is 6.08 Å². The zero-order chi connectivity index (χ0) is 12.7. The highest BCUT2D eigenvalue weighted by Crippen LogP contribution is 2.23. The Balaban J connectivity index is 2.97. The van der Waals surface area contributed by atoms with Crippen molar-refractivity contribution in [3.63, 3.8) is 0 Å². The molecule has 1 amide bonds. The maximum absolute atomic E-state index is 11.2. The fourth-order valence-corrected chi connectivity index (χ4v) is 1.57. The van der Waals surface area contributed by atoms with Crippen molar-refractivity contribution < 1.29 is 9.53 Å². The minimum Gasteiger partial charge on any atom is -0.437 e. The van der Waals surface area contributed by atoms with Gasteiger partial charge >= 0.3 is 6.09 Å². The number of benzene rings is 1. The van der Waals surface area contributed by atoms with Gasteiger partial charge in [0.05, 0.1) is 0 Å². The fraction of sp³-hybridized carbons (Fsp3) is 0.214. The Labute approximate surface area is 102 Å². The van der Waals surface area contributed by atoms with Crippen LogP contribution in [0.2, 0.25) is 0 Å². The van der Waals surface area contributed by atoms with E-state index in [4.69, 9.17) is 4.74 Å². The van der Waals surface area contributed by atoms with Crippen molar-refractivity contribution in [2.24, 2.45) is 0 Å². The van der Waals surface area contributed by atoms with Crippen LogP contribution in [-0.4, -0.2) is 13.1 Å². The molecule has 1 atom stereocenters. The van der Waals surface area contributed by atoms with Crippen molar-refractivity contribution >= 4 is 6.09 Å². The van der Waals surface area contributed by atoms with E-state index in [9.17, 15) is 4.79 Å². The summed E-state index contributed by atoms with van der Waals surface area (Å²) in [5.41, 5.74) is 2.02. The van der Waals surface area contributed by atoms with E-state index in [2.05, 4.69) is 18.5 Å².